The zero-order valence-corrected chi connectivity index (χ0v) is 11.9. The van der Waals surface area contributed by atoms with E-state index in [0.717, 1.165) is 12.3 Å². The summed E-state index contributed by atoms with van der Waals surface area (Å²) in [6.07, 6.45) is 3.24. The van der Waals surface area contributed by atoms with E-state index in [4.69, 9.17) is 4.74 Å². The number of halogens is 2. The standard InChI is InChI=1S/C14H17F2NO3/c1-14(2,3)20-11(18)7-5-6-9-10(15)8-17-13(19-4)12(9)16/h5,7-8H,6H2,1-4H3/b7-5+. The lowest BCUT2D eigenvalue weighted by Crippen LogP contribution is -2.22. The van der Waals surface area contributed by atoms with Crippen LogP contribution in [0.15, 0.2) is 18.3 Å². The van der Waals surface area contributed by atoms with Crippen molar-refractivity contribution in [1.29, 1.82) is 0 Å². The van der Waals surface area contributed by atoms with Crippen LogP contribution in [0.2, 0.25) is 0 Å². The molecule has 1 rings (SSSR count). The third-order valence-corrected chi connectivity index (χ3v) is 2.21. The van der Waals surface area contributed by atoms with Gasteiger partial charge in [-0.3, -0.25) is 0 Å². The molecule has 0 aromatic carbocycles. The van der Waals surface area contributed by atoms with Crippen LogP contribution in [-0.2, 0) is 16.0 Å². The van der Waals surface area contributed by atoms with E-state index in [9.17, 15) is 13.6 Å². The second-order valence-electron chi connectivity index (χ2n) is 5.05. The Morgan fingerprint density at radius 3 is 2.60 bits per heavy atom. The lowest BCUT2D eigenvalue weighted by atomic mass is 10.1. The number of nitrogens with zero attached hydrogens (tertiary/aromatic N) is 1. The molecule has 1 heterocycles. The smallest absolute Gasteiger partial charge is 0.330 e. The van der Waals surface area contributed by atoms with Gasteiger partial charge in [-0.2, -0.15) is 0 Å². The highest BCUT2D eigenvalue weighted by Gasteiger charge is 2.16. The van der Waals surface area contributed by atoms with Gasteiger partial charge in [0.15, 0.2) is 5.82 Å². The van der Waals surface area contributed by atoms with Gasteiger partial charge >= 0.3 is 5.97 Å². The number of carbonyl (C=O) groups excluding carboxylic acids is 1. The van der Waals surface area contributed by atoms with Crippen LogP contribution in [0.4, 0.5) is 8.78 Å². The highest BCUT2D eigenvalue weighted by atomic mass is 19.1. The third-order valence-electron chi connectivity index (χ3n) is 2.21. The first-order valence-corrected chi connectivity index (χ1v) is 6.01. The highest BCUT2D eigenvalue weighted by molar-refractivity contribution is 5.82. The Balaban J connectivity index is 2.78. The maximum absolute atomic E-state index is 13.8. The van der Waals surface area contributed by atoms with Gasteiger partial charge in [-0.25, -0.2) is 18.6 Å². The molecular formula is C14H17F2NO3. The molecule has 0 aliphatic heterocycles. The molecular weight excluding hydrogens is 268 g/mol. The van der Waals surface area contributed by atoms with Crippen molar-refractivity contribution in [1.82, 2.24) is 4.98 Å². The minimum atomic E-state index is -0.874. The van der Waals surface area contributed by atoms with Crippen molar-refractivity contribution < 1.29 is 23.0 Å². The van der Waals surface area contributed by atoms with Gasteiger partial charge in [0.2, 0.25) is 0 Å². The number of pyridine rings is 1. The Morgan fingerprint density at radius 1 is 1.40 bits per heavy atom. The fraction of sp³-hybridized carbons (Fsp3) is 0.429. The maximum Gasteiger partial charge on any atom is 0.330 e. The summed E-state index contributed by atoms with van der Waals surface area (Å²) in [6.45, 7) is 5.18. The topological polar surface area (TPSA) is 48.4 Å². The van der Waals surface area contributed by atoms with Crippen LogP contribution in [0, 0.1) is 11.6 Å². The maximum atomic E-state index is 13.8. The first kappa shape index (κ1) is 16.1. The van der Waals surface area contributed by atoms with Crippen LogP contribution in [0.3, 0.4) is 0 Å². The summed E-state index contributed by atoms with van der Waals surface area (Å²) in [5, 5.41) is 0. The molecule has 0 fully saturated rings. The quantitative estimate of drug-likeness (QED) is 0.630. The minimum absolute atomic E-state index is 0.101. The van der Waals surface area contributed by atoms with Gasteiger partial charge in [-0.05, 0) is 27.2 Å². The average Bonchev–Trinajstić information content (AvgIpc) is 2.31. The van der Waals surface area contributed by atoms with Gasteiger partial charge in [0.1, 0.15) is 11.4 Å². The number of hydrogen-bond donors (Lipinski definition) is 0. The molecule has 20 heavy (non-hydrogen) atoms. The summed E-state index contributed by atoms with van der Waals surface area (Å²) >= 11 is 0. The predicted molar refractivity (Wildman–Crippen MR) is 69.4 cm³/mol. The Morgan fingerprint density at radius 2 is 2.05 bits per heavy atom. The van der Waals surface area contributed by atoms with Crippen LogP contribution in [0.25, 0.3) is 0 Å². The minimum Gasteiger partial charge on any atom is -0.479 e. The molecule has 0 bridgehead atoms. The van der Waals surface area contributed by atoms with Crippen molar-refractivity contribution in [2.75, 3.05) is 7.11 Å². The summed E-state index contributed by atoms with van der Waals surface area (Å²) < 4.78 is 36.9. The normalized spacial score (nSPS) is 11.7. The van der Waals surface area contributed by atoms with Gasteiger partial charge in [-0.1, -0.05) is 6.08 Å². The fourth-order valence-corrected chi connectivity index (χ4v) is 1.42. The van der Waals surface area contributed by atoms with Gasteiger partial charge in [-0.15, -0.1) is 0 Å². The third kappa shape index (κ3) is 4.60. The predicted octanol–water partition coefficient (Wildman–Crippen LogP) is 2.81. The number of allylic oxidation sites excluding steroid dienone is 1. The molecule has 0 radical (unpaired) electrons. The molecule has 0 atom stereocenters. The number of rotatable bonds is 4. The van der Waals surface area contributed by atoms with Crippen molar-refractivity contribution >= 4 is 5.97 Å². The van der Waals surface area contributed by atoms with E-state index in [1.54, 1.807) is 20.8 Å². The van der Waals surface area contributed by atoms with E-state index in [0.29, 0.717) is 0 Å². The Hall–Kier alpha value is -1.98. The van der Waals surface area contributed by atoms with E-state index < -0.39 is 23.2 Å². The summed E-state index contributed by atoms with van der Waals surface area (Å²) in [5.41, 5.74) is -0.825. The number of aromatic nitrogens is 1. The first-order valence-electron chi connectivity index (χ1n) is 6.01. The van der Waals surface area contributed by atoms with Crippen LogP contribution in [0.5, 0.6) is 5.88 Å². The number of hydrogen-bond acceptors (Lipinski definition) is 4. The van der Waals surface area contributed by atoms with Crippen molar-refractivity contribution in [3.05, 3.63) is 35.5 Å². The van der Waals surface area contributed by atoms with Gasteiger partial charge < -0.3 is 9.47 Å². The van der Waals surface area contributed by atoms with E-state index in [1.807, 2.05) is 0 Å². The molecule has 0 saturated carbocycles. The fourth-order valence-electron chi connectivity index (χ4n) is 1.42. The average molecular weight is 285 g/mol. The number of esters is 1. The number of ether oxygens (including phenoxy) is 2. The van der Waals surface area contributed by atoms with Crippen molar-refractivity contribution in [2.45, 2.75) is 32.8 Å². The molecule has 0 unspecified atom stereocenters. The Kier molecular flexibility index (Phi) is 5.19. The van der Waals surface area contributed by atoms with Gasteiger partial charge in [0, 0.05) is 11.6 Å². The van der Waals surface area contributed by atoms with Crippen LogP contribution in [0.1, 0.15) is 26.3 Å². The molecule has 0 N–H and O–H groups in total. The second kappa shape index (κ2) is 6.45. The number of methoxy groups -OCH3 is 1. The zero-order chi connectivity index (χ0) is 15.3. The molecule has 0 amide bonds. The number of carbonyl (C=O) groups is 1. The zero-order valence-electron chi connectivity index (χ0n) is 11.9. The summed E-state index contributed by atoms with van der Waals surface area (Å²) in [4.78, 5) is 14.9. The van der Waals surface area contributed by atoms with Gasteiger partial charge in [0.25, 0.3) is 5.88 Å². The summed E-state index contributed by atoms with van der Waals surface area (Å²) in [5.74, 6) is -2.52. The summed E-state index contributed by atoms with van der Waals surface area (Å²) in [7, 11) is 1.24. The van der Waals surface area contributed by atoms with Crippen LogP contribution >= 0.6 is 0 Å². The van der Waals surface area contributed by atoms with Crippen LogP contribution in [-0.4, -0.2) is 23.7 Å². The van der Waals surface area contributed by atoms with E-state index >= 15 is 0 Å². The Labute approximate surface area is 116 Å². The molecule has 0 aliphatic carbocycles. The summed E-state index contributed by atoms with van der Waals surface area (Å²) in [6, 6.07) is 0. The molecule has 6 heteroatoms. The molecule has 110 valence electrons. The van der Waals surface area contributed by atoms with Crippen molar-refractivity contribution in [3.8, 4) is 5.88 Å². The highest BCUT2D eigenvalue weighted by Crippen LogP contribution is 2.20. The molecule has 1 aromatic heterocycles. The van der Waals surface area contributed by atoms with Crippen molar-refractivity contribution in [3.63, 3.8) is 0 Å². The monoisotopic (exact) mass is 285 g/mol. The Bertz CT molecular complexity index is 522. The second-order valence-corrected chi connectivity index (χ2v) is 5.05. The molecule has 0 aliphatic rings. The van der Waals surface area contributed by atoms with Crippen molar-refractivity contribution in [2.24, 2.45) is 0 Å². The molecule has 0 saturated heterocycles. The largest absolute Gasteiger partial charge is 0.479 e. The van der Waals surface area contributed by atoms with E-state index in [1.165, 1.54) is 13.2 Å². The first-order chi connectivity index (χ1) is 9.24. The molecule has 1 aromatic rings. The SMILES string of the molecule is COc1ncc(F)c(C/C=C/C(=O)OC(C)(C)C)c1F. The van der Waals surface area contributed by atoms with E-state index in [-0.39, 0.29) is 17.9 Å². The van der Waals surface area contributed by atoms with Gasteiger partial charge in [0.05, 0.1) is 13.3 Å². The van der Waals surface area contributed by atoms with Crippen LogP contribution < -0.4 is 4.74 Å². The lowest BCUT2D eigenvalue weighted by Gasteiger charge is -2.17. The molecule has 4 nitrogen and oxygen atoms in total. The van der Waals surface area contributed by atoms with E-state index in [2.05, 4.69) is 9.72 Å². The molecule has 0 spiro atoms. The lowest BCUT2D eigenvalue weighted by molar-refractivity contribution is -0.148.